The summed E-state index contributed by atoms with van der Waals surface area (Å²) in [4.78, 5) is 33.8. The van der Waals surface area contributed by atoms with Gasteiger partial charge in [0.15, 0.2) is 6.10 Å². The highest BCUT2D eigenvalue weighted by molar-refractivity contribution is 5.83. The molecule has 0 spiro atoms. The van der Waals surface area contributed by atoms with E-state index in [1.54, 1.807) is 0 Å². The maximum absolute atomic E-state index is 12.0. The highest BCUT2D eigenvalue weighted by Crippen LogP contribution is 2.25. The molecule has 1 saturated carbocycles. The molecule has 0 bridgehead atoms. The first-order valence-corrected chi connectivity index (χ1v) is 6.95. The zero-order valence-electron chi connectivity index (χ0n) is 11.2. The van der Waals surface area contributed by atoms with Crippen LogP contribution in [0.15, 0.2) is 0 Å². The zero-order chi connectivity index (χ0) is 14.7. The van der Waals surface area contributed by atoms with Gasteiger partial charge < -0.3 is 20.9 Å². The molecule has 2 amide bonds. The number of rotatable bonds is 4. The smallest absolute Gasteiger partial charge is 0.332 e. The van der Waals surface area contributed by atoms with Gasteiger partial charge in [0.05, 0.1) is 0 Å². The maximum Gasteiger partial charge on any atom is 0.332 e. The minimum atomic E-state index is -1.03. The van der Waals surface area contributed by atoms with Crippen molar-refractivity contribution in [2.24, 2.45) is 11.7 Å². The Labute approximate surface area is 116 Å². The Hall–Kier alpha value is -1.63. The molecule has 7 heteroatoms. The number of carbonyl (C=O) groups excluding carboxylic acids is 2. The average molecular weight is 284 g/mol. The molecule has 1 saturated heterocycles. The minimum absolute atomic E-state index is 0.0191. The van der Waals surface area contributed by atoms with Crippen LogP contribution >= 0.6 is 0 Å². The van der Waals surface area contributed by atoms with E-state index in [0.717, 1.165) is 0 Å². The Morgan fingerprint density at radius 2 is 1.60 bits per heavy atom. The van der Waals surface area contributed by atoms with E-state index in [1.807, 2.05) is 0 Å². The van der Waals surface area contributed by atoms with Crippen molar-refractivity contribution in [3.8, 4) is 0 Å². The van der Waals surface area contributed by atoms with Gasteiger partial charge >= 0.3 is 5.97 Å². The van der Waals surface area contributed by atoms with Crippen LogP contribution in [0.2, 0.25) is 0 Å². The quantitative estimate of drug-likeness (QED) is 0.659. The summed E-state index contributed by atoms with van der Waals surface area (Å²) in [6.07, 6.45) is 2.04. The van der Waals surface area contributed by atoms with Gasteiger partial charge in [-0.3, -0.25) is 9.59 Å². The number of carbonyl (C=O) groups is 3. The van der Waals surface area contributed by atoms with Crippen LogP contribution < -0.4 is 11.1 Å². The van der Waals surface area contributed by atoms with E-state index in [9.17, 15) is 14.4 Å². The number of primary amides is 1. The molecule has 2 aliphatic rings. The first kappa shape index (κ1) is 14.8. The molecule has 0 aromatic rings. The van der Waals surface area contributed by atoms with Gasteiger partial charge in [-0.1, -0.05) is 0 Å². The number of hydrogen-bond donors (Lipinski definition) is 3. The Morgan fingerprint density at radius 1 is 1.00 bits per heavy atom. The van der Waals surface area contributed by atoms with Crippen LogP contribution in [0.5, 0.6) is 0 Å². The van der Waals surface area contributed by atoms with Gasteiger partial charge in [-0.25, -0.2) is 4.79 Å². The minimum Gasteiger partial charge on any atom is -0.479 e. The Kier molecular flexibility index (Phi) is 4.59. The maximum atomic E-state index is 12.0. The number of ether oxygens (including phenoxy) is 1. The van der Waals surface area contributed by atoms with E-state index in [0.29, 0.717) is 38.5 Å². The predicted molar refractivity (Wildman–Crippen MR) is 68.6 cm³/mol. The van der Waals surface area contributed by atoms with Crippen molar-refractivity contribution in [3.05, 3.63) is 0 Å². The van der Waals surface area contributed by atoms with E-state index in [4.69, 9.17) is 15.6 Å². The van der Waals surface area contributed by atoms with Crippen molar-refractivity contribution < 1.29 is 24.2 Å². The lowest BCUT2D eigenvalue weighted by Gasteiger charge is -2.28. The predicted octanol–water partition coefficient (Wildman–Crippen LogP) is -0.221. The van der Waals surface area contributed by atoms with Gasteiger partial charge in [-0.15, -0.1) is 0 Å². The summed E-state index contributed by atoms with van der Waals surface area (Å²) in [5.74, 6) is -1.65. The highest BCUT2D eigenvalue weighted by atomic mass is 16.5. The van der Waals surface area contributed by atoms with E-state index >= 15 is 0 Å². The van der Waals surface area contributed by atoms with Crippen molar-refractivity contribution in [2.75, 3.05) is 0 Å². The molecule has 20 heavy (non-hydrogen) atoms. The van der Waals surface area contributed by atoms with Crippen molar-refractivity contribution in [3.63, 3.8) is 0 Å². The van der Waals surface area contributed by atoms with Crippen molar-refractivity contribution in [1.29, 1.82) is 0 Å². The first-order chi connectivity index (χ1) is 9.47. The molecule has 0 unspecified atom stereocenters. The fourth-order valence-electron chi connectivity index (χ4n) is 2.83. The molecular weight excluding hydrogens is 264 g/mol. The van der Waals surface area contributed by atoms with Gasteiger partial charge in [0.25, 0.3) is 0 Å². The molecule has 0 radical (unpaired) electrons. The number of amides is 2. The normalized spacial score (nSPS) is 33.6. The van der Waals surface area contributed by atoms with E-state index in [1.165, 1.54) is 0 Å². The summed E-state index contributed by atoms with van der Waals surface area (Å²) >= 11 is 0. The van der Waals surface area contributed by atoms with E-state index in [2.05, 4.69) is 5.32 Å². The zero-order valence-corrected chi connectivity index (χ0v) is 11.2. The summed E-state index contributed by atoms with van der Waals surface area (Å²) in [5, 5.41) is 11.7. The van der Waals surface area contributed by atoms with Crippen molar-refractivity contribution >= 4 is 17.8 Å². The van der Waals surface area contributed by atoms with Gasteiger partial charge in [0.1, 0.15) is 6.10 Å². The second kappa shape index (κ2) is 6.21. The molecule has 2 fully saturated rings. The lowest BCUT2D eigenvalue weighted by molar-refractivity contribution is -0.152. The third kappa shape index (κ3) is 3.47. The molecule has 7 nitrogen and oxygen atoms in total. The molecule has 1 aliphatic heterocycles. The molecular formula is C13H20N2O5. The van der Waals surface area contributed by atoms with Crippen molar-refractivity contribution in [2.45, 2.75) is 56.8 Å². The number of carboxylic acid groups (broad SMARTS) is 1. The molecule has 2 rings (SSSR count). The van der Waals surface area contributed by atoms with E-state index in [-0.39, 0.29) is 23.8 Å². The topological polar surface area (TPSA) is 119 Å². The Balaban J connectivity index is 1.76. The second-order valence-electron chi connectivity index (χ2n) is 5.49. The highest BCUT2D eigenvalue weighted by Gasteiger charge is 2.36. The van der Waals surface area contributed by atoms with Crippen molar-refractivity contribution in [1.82, 2.24) is 5.32 Å². The number of nitrogens with one attached hydrogen (secondary N) is 1. The van der Waals surface area contributed by atoms with Gasteiger partial charge in [0, 0.05) is 12.0 Å². The first-order valence-electron chi connectivity index (χ1n) is 6.95. The molecule has 1 aliphatic carbocycles. The molecule has 0 aromatic heterocycles. The lowest BCUT2D eigenvalue weighted by atomic mass is 9.85. The van der Waals surface area contributed by atoms with Gasteiger partial charge in [0.2, 0.25) is 11.8 Å². The Bertz CT molecular complexity index is 404. The fourth-order valence-corrected chi connectivity index (χ4v) is 2.83. The standard InChI is InChI=1S/C13H20N2O5/c14-11(16)7-1-3-8(4-2-7)15-12(17)9-5-6-10(20-9)13(18)19/h7-10H,1-6H2,(H2,14,16)(H,15,17)(H,18,19)/t7?,8?,9-,10+/m0/s1. The molecule has 1 heterocycles. The van der Waals surface area contributed by atoms with Crippen LogP contribution in [-0.2, 0) is 19.1 Å². The van der Waals surface area contributed by atoms with Gasteiger partial charge in [-0.05, 0) is 38.5 Å². The van der Waals surface area contributed by atoms with Crippen LogP contribution in [0.3, 0.4) is 0 Å². The number of nitrogens with two attached hydrogens (primary N) is 1. The lowest BCUT2D eigenvalue weighted by Crippen LogP contribution is -2.44. The molecule has 2 atom stereocenters. The van der Waals surface area contributed by atoms with Gasteiger partial charge in [-0.2, -0.15) is 0 Å². The van der Waals surface area contributed by atoms with Crippen LogP contribution in [0, 0.1) is 5.92 Å². The Morgan fingerprint density at radius 3 is 2.10 bits per heavy atom. The summed E-state index contributed by atoms with van der Waals surface area (Å²) in [7, 11) is 0. The third-order valence-corrected chi connectivity index (χ3v) is 4.06. The fraction of sp³-hybridized carbons (Fsp3) is 0.769. The number of hydrogen-bond acceptors (Lipinski definition) is 4. The monoisotopic (exact) mass is 284 g/mol. The molecule has 4 N–H and O–H groups in total. The second-order valence-corrected chi connectivity index (χ2v) is 5.49. The van der Waals surface area contributed by atoms with Crippen LogP contribution in [0.4, 0.5) is 0 Å². The van der Waals surface area contributed by atoms with Crippen LogP contribution in [0.1, 0.15) is 38.5 Å². The molecule has 112 valence electrons. The van der Waals surface area contributed by atoms with Crippen LogP contribution in [-0.4, -0.2) is 41.1 Å². The SMILES string of the molecule is NC(=O)C1CCC(NC(=O)[C@@H]2CC[C@H](C(=O)O)O2)CC1. The number of carboxylic acids is 1. The average Bonchev–Trinajstić information content (AvgIpc) is 2.89. The van der Waals surface area contributed by atoms with Crippen LogP contribution in [0.25, 0.3) is 0 Å². The largest absolute Gasteiger partial charge is 0.479 e. The summed E-state index contributed by atoms with van der Waals surface area (Å²) < 4.78 is 5.20. The summed E-state index contributed by atoms with van der Waals surface area (Å²) in [5.41, 5.74) is 5.26. The van der Waals surface area contributed by atoms with E-state index < -0.39 is 18.2 Å². The molecule has 0 aromatic carbocycles. The number of aliphatic carboxylic acids is 1. The summed E-state index contributed by atoms with van der Waals surface area (Å²) in [6.45, 7) is 0. The third-order valence-electron chi connectivity index (χ3n) is 4.06. The summed E-state index contributed by atoms with van der Waals surface area (Å²) in [6, 6.07) is 0.0191.